The molecule has 2 heterocycles. The van der Waals surface area contributed by atoms with Crippen molar-refractivity contribution in [1.29, 1.82) is 0 Å². The molecule has 142 valence electrons. The fourth-order valence-electron chi connectivity index (χ4n) is 3.97. The number of benzene rings is 1. The molecule has 1 aliphatic rings. The Morgan fingerprint density at radius 3 is 2.70 bits per heavy atom. The molecule has 0 radical (unpaired) electrons. The van der Waals surface area contributed by atoms with Crippen molar-refractivity contribution >= 4 is 17.0 Å². The van der Waals surface area contributed by atoms with Crippen molar-refractivity contribution in [2.24, 2.45) is 5.92 Å². The van der Waals surface area contributed by atoms with E-state index in [1.54, 1.807) is 0 Å². The van der Waals surface area contributed by atoms with Gasteiger partial charge in [-0.15, -0.1) is 0 Å². The molecule has 1 aromatic carbocycles. The molecule has 1 fully saturated rings. The van der Waals surface area contributed by atoms with Crippen molar-refractivity contribution < 1.29 is 0 Å². The molecule has 3 aromatic rings. The molecule has 0 saturated heterocycles. The van der Waals surface area contributed by atoms with E-state index in [-0.39, 0.29) is 0 Å². The van der Waals surface area contributed by atoms with Gasteiger partial charge >= 0.3 is 0 Å². The Bertz CT molecular complexity index is 865. The van der Waals surface area contributed by atoms with Crippen molar-refractivity contribution in [2.75, 3.05) is 11.9 Å². The molecule has 1 saturated carbocycles. The number of hydrogen-bond donors (Lipinski definition) is 1. The molecule has 0 bridgehead atoms. The summed E-state index contributed by atoms with van der Waals surface area (Å²) < 4.78 is 2.13. The van der Waals surface area contributed by atoms with Gasteiger partial charge in [-0.05, 0) is 25.2 Å². The molecule has 0 unspecified atom stereocenters. The second-order valence-corrected chi connectivity index (χ2v) is 7.61. The Morgan fingerprint density at radius 2 is 1.93 bits per heavy atom. The summed E-state index contributed by atoms with van der Waals surface area (Å²) in [6, 6.07) is 10.4. The maximum Gasteiger partial charge on any atom is 0.224 e. The fraction of sp³-hybridized carbons (Fsp3) is 0.500. The van der Waals surface area contributed by atoms with Gasteiger partial charge in [-0.25, -0.2) is 9.67 Å². The van der Waals surface area contributed by atoms with Gasteiger partial charge < -0.3 is 5.32 Å². The van der Waals surface area contributed by atoms with Crippen molar-refractivity contribution in [3.05, 3.63) is 36.5 Å². The predicted molar refractivity (Wildman–Crippen MR) is 111 cm³/mol. The Kier molecular flexibility index (Phi) is 5.66. The van der Waals surface area contributed by atoms with Crippen molar-refractivity contribution in [2.45, 2.75) is 58.4 Å². The first-order valence-corrected chi connectivity index (χ1v) is 10.4. The van der Waals surface area contributed by atoms with E-state index in [2.05, 4.69) is 46.2 Å². The van der Waals surface area contributed by atoms with Gasteiger partial charge in [0.1, 0.15) is 5.69 Å². The molecule has 0 aliphatic heterocycles. The molecule has 5 nitrogen and oxygen atoms in total. The zero-order valence-electron chi connectivity index (χ0n) is 16.2. The molecular formula is C22H29N5. The summed E-state index contributed by atoms with van der Waals surface area (Å²) in [6.45, 7) is 4.05. The van der Waals surface area contributed by atoms with E-state index in [0.29, 0.717) is 11.9 Å². The lowest BCUT2D eigenvalue weighted by Crippen LogP contribution is -2.15. The standard InChI is InChI=1S/C22H29N5/c1-2-3-14-23-22-24-15-19-20(18-12-8-5-9-13-18)26-27(21(19)25-22)16-17-10-6-4-7-11-17/h5,8-9,12-13,15,17H,2-4,6-7,10-11,14,16H2,1H3,(H,23,24,25). The quantitative estimate of drug-likeness (QED) is 0.580. The third kappa shape index (κ3) is 4.12. The Balaban J connectivity index is 1.70. The van der Waals surface area contributed by atoms with Crippen LogP contribution >= 0.6 is 0 Å². The third-order valence-corrected chi connectivity index (χ3v) is 5.51. The highest BCUT2D eigenvalue weighted by atomic mass is 15.3. The third-order valence-electron chi connectivity index (χ3n) is 5.51. The summed E-state index contributed by atoms with van der Waals surface area (Å²) in [7, 11) is 0. The largest absolute Gasteiger partial charge is 0.354 e. The lowest BCUT2D eigenvalue weighted by atomic mass is 9.89. The first-order valence-electron chi connectivity index (χ1n) is 10.4. The summed E-state index contributed by atoms with van der Waals surface area (Å²) in [6.07, 6.45) is 10.9. The van der Waals surface area contributed by atoms with Crippen molar-refractivity contribution in [3.63, 3.8) is 0 Å². The van der Waals surface area contributed by atoms with Gasteiger partial charge in [0.05, 0.1) is 5.39 Å². The average molecular weight is 364 g/mol. The van der Waals surface area contributed by atoms with Crippen LogP contribution in [-0.2, 0) is 6.54 Å². The number of nitrogens with one attached hydrogen (secondary N) is 1. The minimum absolute atomic E-state index is 0.705. The van der Waals surface area contributed by atoms with Crippen molar-refractivity contribution in [3.8, 4) is 11.3 Å². The number of nitrogens with zero attached hydrogens (tertiary/aromatic N) is 4. The first kappa shape index (κ1) is 18.0. The summed E-state index contributed by atoms with van der Waals surface area (Å²) in [5.41, 5.74) is 3.06. The smallest absolute Gasteiger partial charge is 0.224 e. The fourth-order valence-corrected chi connectivity index (χ4v) is 3.97. The summed E-state index contributed by atoms with van der Waals surface area (Å²) >= 11 is 0. The summed E-state index contributed by atoms with van der Waals surface area (Å²) in [5.74, 6) is 1.41. The molecule has 1 aliphatic carbocycles. The van der Waals surface area contributed by atoms with E-state index in [1.165, 1.54) is 32.1 Å². The predicted octanol–water partition coefficient (Wildman–Crippen LogP) is 5.29. The van der Waals surface area contributed by atoms with Gasteiger partial charge in [-0.3, -0.25) is 0 Å². The number of unbranched alkanes of at least 4 members (excludes halogenated alkanes) is 1. The average Bonchev–Trinajstić information content (AvgIpc) is 3.07. The van der Waals surface area contributed by atoms with E-state index < -0.39 is 0 Å². The van der Waals surface area contributed by atoms with Crippen LogP contribution < -0.4 is 5.32 Å². The number of hydrogen-bond acceptors (Lipinski definition) is 4. The van der Waals surface area contributed by atoms with Gasteiger partial charge in [0.25, 0.3) is 0 Å². The second kappa shape index (κ2) is 8.51. The van der Waals surface area contributed by atoms with E-state index in [0.717, 1.165) is 48.2 Å². The van der Waals surface area contributed by atoms with Crippen LogP contribution in [0.1, 0.15) is 51.9 Å². The molecular weight excluding hydrogens is 334 g/mol. The van der Waals surface area contributed by atoms with Crippen LogP contribution in [0, 0.1) is 5.92 Å². The zero-order chi connectivity index (χ0) is 18.5. The van der Waals surface area contributed by atoms with Crippen LogP contribution in [0.2, 0.25) is 0 Å². The van der Waals surface area contributed by atoms with Gasteiger partial charge in [-0.2, -0.15) is 10.1 Å². The highest BCUT2D eigenvalue weighted by Crippen LogP contribution is 2.30. The number of aromatic nitrogens is 4. The second-order valence-electron chi connectivity index (χ2n) is 7.61. The maximum atomic E-state index is 4.98. The molecule has 27 heavy (non-hydrogen) atoms. The molecule has 2 aromatic heterocycles. The molecule has 5 heteroatoms. The molecule has 0 spiro atoms. The van der Waals surface area contributed by atoms with Crippen molar-refractivity contribution in [1.82, 2.24) is 19.7 Å². The number of fused-ring (bicyclic) bond motifs is 1. The lowest BCUT2D eigenvalue weighted by Gasteiger charge is -2.21. The van der Waals surface area contributed by atoms with Gasteiger partial charge in [0.15, 0.2) is 5.65 Å². The van der Waals surface area contributed by atoms with Crippen LogP contribution in [0.4, 0.5) is 5.95 Å². The first-order chi connectivity index (χ1) is 13.3. The monoisotopic (exact) mass is 363 g/mol. The normalized spacial score (nSPS) is 15.3. The van der Waals surface area contributed by atoms with Gasteiger partial charge in [0, 0.05) is 24.8 Å². The Morgan fingerprint density at radius 1 is 1.11 bits per heavy atom. The van der Waals surface area contributed by atoms with E-state index in [4.69, 9.17) is 10.1 Å². The molecule has 1 N–H and O–H groups in total. The molecule has 0 amide bonds. The Hall–Kier alpha value is -2.43. The van der Waals surface area contributed by atoms with E-state index in [9.17, 15) is 0 Å². The zero-order valence-corrected chi connectivity index (χ0v) is 16.2. The van der Waals surface area contributed by atoms with Crippen LogP contribution in [0.3, 0.4) is 0 Å². The van der Waals surface area contributed by atoms with Crippen LogP contribution in [-0.4, -0.2) is 26.3 Å². The van der Waals surface area contributed by atoms with Gasteiger partial charge in [0.2, 0.25) is 5.95 Å². The van der Waals surface area contributed by atoms with E-state index in [1.807, 2.05) is 12.3 Å². The molecule has 0 atom stereocenters. The minimum Gasteiger partial charge on any atom is -0.354 e. The van der Waals surface area contributed by atoms with E-state index >= 15 is 0 Å². The minimum atomic E-state index is 0.705. The summed E-state index contributed by atoms with van der Waals surface area (Å²) in [4.78, 5) is 9.39. The lowest BCUT2D eigenvalue weighted by molar-refractivity contribution is 0.311. The van der Waals surface area contributed by atoms with Gasteiger partial charge in [-0.1, -0.05) is 62.9 Å². The SMILES string of the molecule is CCCCNc1ncc2c(-c3ccccc3)nn(CC3CCCCC3)c2n1. The highest BCUT2D eigenvalue weighted by molar-refractivity contribution is 5.91. The molecule has 4 rings (SSSR count). The Labute approximate surface area is 161 Å². The van der Waals surface area contributed by atoms with Crippen LogP contribution in [0.25, 0.3) is 22.3 Å². The van der Waals surface area contributed by atoms with Crippen LogP contribution in [0.15, 0.2) is 36.5 Å². The highest BCUT2D eigenvalue weighted by Gasteiger charge is 2.19. The topological polar surface area (TPSA) is 55.6 Å². The maximum absolute atomic E-state index is 4.98. The summed E-state index contributed by atoms with van der Waals surface area (Å²) in [5, 5.41) is 9.37. The number of anilines is 1. The van der Waals surface area contributed by atoms with Crippen LogP contribution in [0.5, 0.6) is 0 Å². The number of rotatable bonds is 7.